The van der Waals surface area contributed by atoms with Gasteiger partial charge in [0, 0.05) is 26.4 Å². The van der Waals surface area contributed by atoms with Crippen LogP contribution in [0.2, 0.25) is 0 Å². The molecule has 7 nitrogen and oxygen atoms in total. The van der Waals surface area contributed by atoms with Crippen LogP contribution < -0.4 is 0 Å². The van der Waals surface area contributed by atoms with E-state index in [1.807, 2.05) is 56.3 Å². The van der Waals surface area contributed by atoms with E-state index in [4.69, 9.17) is 9.57 Å². The van der Waals surface area contributed by atoms with Crippen LogP contribution in [-0.4, -0.2) is 35.3 Å². The second-order valence-corrected chi connectivity index (χ2v) is 9.91. The van der Waals surface area contributed by atoms with E-state index in [-0.39, 0.29) is 33.6 Å². The third-order valence-electron chi connectivity index (χ3n) is 5.96. The second kappa shape index (κ2) is 11.5. The molecule has 2 atom stereocenters. The van der Waals surface area contributed by atoms with Gasteiger partial charge in [-0.15, -0.1) is 5.06 Å². The van der Waals surface area contributed by atoms with E-state index in [0.29, 0.717) is 11.5 Å². The molecular weight excluding hydrogens is 453 g/mol. The minimum Gasteiger partial charge on any atom is -0.365 e. The highest BCUT2D eigenvalue weighted by Gasteiger charge is 2.48. The van der Waals surface area contributed by atoms with Crippen molar-refractivity contribution in [1.29, 1.82) is 0 Å². The van der Waals surface area contributed by atoms with Crippen molar-refractivity contribution in [2.75, 3.05) is 7.11 Å². The molecule has 2 aromatic rings. The second-order valence-electron chi connectivity index (χ2n) is 8.97. The molecule has 1 saturated heterocycles. The Morgan fingerprint density at radius 2 is 1.53 bits per heavy atom. The SMILES string of the molecule is COC(Cc1ccc(Cc2ccccc2)cc1)(P=O)C(CC(C)C)C(=O)ON1C(=O)CCC1=O. The summed E-state index contributed by atoms with van der Waals surface area (Å²) in [6, 6.07) is 18.0. The number of imide groups is 1. The lowest BCUT2D eigenvalue weighted by Gasteiger charge is -2.34. The smallest absolute Gasteiger partial charge is 0.340 e. The van der Waals surface area contributed by atoms with Crippen LogP contribution in [-0.2, 0) is 41.4 Å². The molecule has 1 aliphatic heterocycles. The number of methoxy groups -OCH3 is 1. The molecule has 1 aliphatic rings. The number of ether oxygens (including phenoxy) is 1. The van der Waals surface area contributed by atoms with Gasteiger partial charge in [0.2, 0.25) is 0 Å². The normalized spacial score (nSPS) is 16.6. The zero-order chi connectivity index (χ0) is 24.7. The number of carbonyl (C=O) groups excluding carboxylic acids is 3. The molecule has 2 amide bonds. The van der Waals surface area contributed by atoms with Crippen LogP contribution in [0.4, 0.5) is 0 Å². The van der Waals surface area contributed by atoms with E-state index < -0.39 is 29.0 Å². The fourth-order valence-corrected chi connectivity index (χ4v) is 4.78. The fourth-order valence-electron chi connectivity index (χ4n) is 4.12. The Kier molecular flexibility index (Phi) is 8.70. The summed E-state index contributed by atoms with van der Waals surface area (Å²) in [6.45, 7) is 3.85. The zero-order valence-corrected chi connectivity index (χ0v) is 20.6. The Bertz CT molecular complexity index is 1010. The van der Waals surface area contributed by atoms with Gasteiger partial charge in [0.25, 0.3) is 11.8 Å². The summed E-state index contributed by atoms with van der Waals surface area (Å²) in [5, 5.41) is -0.885. The molecule has 0 bridgehead atoms. The Morgan fingerprint density at radius 3 is 2.06 bits per heavy atom. The molecule has 0 radical (unpaired) electrons. The van der Waals surface area contributed by atoms with E-state index >= 15 is 0 Å². The summed E-state index contributed by atoms with van der Waals surface area (Å²) in [5.74, 6) is -2.83. The molecule has 180 valence electrons. The van der Waals surface area contributed by atoms with Crippen molar-refractivity contribution in [3.8, 4) is 0 Å². The summed E-state index contributed by atoms with van der Waals surface area (Å²) in [4.78, 5) is 42.2. The highest BCUT2D eigenvalue weighted by atomic mass is 31.1. The van der Waals surface area contributed by atoms with Gasteiger partial charge in [-0.25, -0.2) is 4.79 Å². The van der Waals surface area contributed by atoms with Crippen LogP contribution >= 0.6 is 8.46 Å². The van der Waals surface area contributed by atoms with Crippen molar-refractivity contribution >= 4 is 26.2 Å². The Morgan fingerprint density at radius 1 is 0.971 bits per heavy atom. The van der Waals surface area contributed by atoms with E-state index in [0.717, 1.165) is 17.5 Å². The average Bonchev–Trinajstić information content (AvgIpc) is 3.15. The predicted octanol–water partition coefficient (Wildman–Crippen LogP) is 4.72. The molecule has 0 N–H and O–H groups in total. The predicted molar refractivity (Wildman–Crippen MR) is 127 cm³/mol. The first kappa shape index (κ1) is 25.7. The van der Waals surface area contributed by atoms with Crippen molar-refractivity contribution in [3.63, 3.8) is 0 Å². The number of hydroxylamine groups is 2. The molecule has 1 fully saturated rings. The molecule has 0 saturated carbocycles. The first-order valence-electron chi connectivity index (χ1n) is 11.4. The lowest BCUT2D eigenvalue weighted by atomic mass is 9.87. The summed E-state index contributed by atoms with van der Waals surface area (Å²) in [7, 11) is 1.02. The van der Waals surface area contributed by atoms with Gasteiger partial charge >= 0.3 is 5.97 Å². The molecule has 2 aromatic carbocycles. The zero-order valence-electron chi connectivity index (χ0n) is 19.7. The molecule has 3 rings (SSSR count). The lowest BCUT2D eigenvalue weighted by Crippen LogP contribution is -2.45. The molecule has 34 heavy (non-hydrogen) atoms. The molecule has 0 aliphatic carbocycles. The maximum absolute atomic E-state index is 13.1. The fraction of sp³-hybridized carbons (Fsp3) is 0.423. The van der Waals surface area contributed by atoms with Gasteiger partial charge in [0.1, 0.15) is 0 Å². The summed E-state index contributed by atoms with van der Waals surface area (Å²) in [5.41, 5.74) is 3.17. The maximum Gasteiger partial charge on any atom is 0.340 e. The number of nitrogens with zero attached hydrogens (tertiary/aromatic N) is 1. The molecular formula is C26H30NO6P. The van der Waals surface area contributed by atoms with Gasteiger partial charge in [-0.3, -0.25) is 14.2 Å². The van der Waals surface area contributed by atoms with Gasteiger partial charge < -0.3 is 9.57 Å². The van der Waals surface area contributed by atoms with Gasteiger partial charge in [-0.05, 0) is 35.4 Å². The largest absolute Gasteiger partial charge is 0.365 e. The van der Waals surface area contributed by atoms with Crippen molar-refractivity contribution in [2.45, 2.75) is 51.3 Å². The van der Waals surface area contributed by atoms with E-state index in [1.165, 1.54) is 12.7 Å². The van der Waals surface area contributed by atoms with E-state index in [1.54, 1.807) is 0 Å². The number of benzene rings is 2. The van der Waals surface area contributed by atoms with Crippen molar-refractivity contribution < 1.29 is 28.5 Å². The number of hydrogen-bond donors (Lipinski definition) is 0. The molecule has 8 heteroatoms. The van der Waals surface area contributed by atoms with Crippen LogP contribution in [0.3, 0.4) is 0 Å². The maximum atomic E-state index is 13.1. The third kappa shape index (κ3) is 6.16. The highest BCUT2D eigenvalue weighted by Crippen LogP contribution is 2.41. The number of carbonyl (C=O) groups is 3. The first-order chi connectivity index (χ1) is 16.3. The van der Waals surface area contributed by atoms with Crippen LogP contribution in [0.25, 0.3) is 0 Å². The van der Waals surface area contributed by atoms with Gasteiger partial charge in [0.15, 0.2) is 13.8 Å². The van der Waals surface area contributed by atoms with Crippen LogP contribution in [0.15, 0.2) is 54.6 Å². The quantitative estimate of drug-likeness (QED) is 0.339. The molecule has 0 aromatic heterocycles. The minimum atomic E-state index is -1.41. The third-order valence-corrected chi connectivity index (χ3v) is 6.92. The standard InChI is InChI=1S/C26H30NO6P/c1-18(2)15-22(25(30)33-27-23(28)13-14-24(27)29)26(32-3,34-31)17-21-11-9-20(10-12-21)16-19-7-5-4-6-8-19/h4-12,18,22H,13-17H2,1-3H3. The van der Waals surface area contributed by atoms with Crippen LogP contribution in [0, 0.1) is 11.8 Å². The minimum absolute atomic E-state index is 0.00547. The molecule has 2 unspecified atom stereocenters. The number of hydrogen-bond acceptors (Lipinski definition) is 6. The molecule has 0 spiro atoms. The first-order valence-corrected chi connectivity index (χ1v) is 12.2. The number of rotatable bonds is 11. The topological polar surface area (TPSA) is 90.0 Å². The summed E-state index contributed by atoms with van der Waals surface area (Å²) >= 11 is 0. The Hall–Kier alpha value is -2.89. The Balaban J connectivity index is 1.81. The highest BCUT2D eigenvalue weighted by molar-refractivity contribution is 7.25. The lowest BCUT2D eigenvalue weighted by molar-refractivity contribution is -0.205. The molecule has 1 heterocycles. The van der Waals surface area contributed by atoms with Gasteiger partial charge in [0.05, 0.1) is 5.92 Å². The number of amides is 2. The average molecular weight is 484 g/mol. The Labute approximate surface area is 201 Å². The van der Waals surface area contributed by atoms with Crippen LogP contribution in [0.1, 0.15) is 49.8 Å². The summed E-state index contributed by atoms with van der Waals surface area (Å²) in [6.07, 6.45) is 1.30. The van der Waals surface area contributed by atoms with Crippen LogP contribution in [0.5, 0.6) is 0 Å². The van der Waals surface area contributed by atoms with Crippen molar-refractivity contribution in [2.24, 2.45) is 11.8 Å². The van der Waals surface area contributed by atoms with E-state index in [2.05, 4.69) is 12.1 Å². The van der Waals surface area contributed by atoms with E-state index in [9.17, 15) is 18.9 Å². The van der Waals surface area contributed by atoms with Gasteiger partial charge in [-0.1, -0.05) is 68.4 Å². The summed E-state index contributed by atoms with van der Waals surface area (Å²) < 4.78 is 18.2. The van der Waals surface area contributed by atoms with Crippen molar-refractivity contribution in [3.05, 3.63) is 71.3 Å². The van der Waals surface area contributed by atoms with Gasteiger partial charge in [-0.2, -0.15) is 0 Å². The monoisotopic (exact) mass is 483 g/mol. The van der Waals surface area contributed by atoms with Crippen molar-refractivity contribution in [1.82, 2.24) is 5.06 Å².